The fraction of sp³-hybridized carbons (Fsp3) is 0.636. The van der Waals surface area contributed by atoms with Crippen molar-refractivity contribution in [1.82, 2.24) is 0 Å². The van der Waals surface area contributed by atoms with Gasteiger partial charge in [0, 0.05) is 11.1 Å². The largest absolute Gasteiger partial charge is 0.285 e. The van der Waals surface area contributed by atoms with Gasteiger partial charge in [-0.2, -0.15) is 0 Å². The highest BCUT2D eigenvalue weighted by molar-refractivity contribution is 5.37. The van der Waals surface area contributed by atoms with Crippen LogP contribution in [-0.4, -0.2) is 0 Å². The molecule has 1 unspecified atom stereocenters. The summed E-state index contributed by atoms with van der Waals surface area (Å²) in [4.78, 5) is 22.5. The molecule has 0 aliphatic heterocycles. The van der Waals surface area contributed by atoms with E-state index in [1.54, 1.807) is 0 Å². The van der Waals surface area contributed by atoms with E-state index in [4.69, 9.17) is 0 Å². The average molecular weight is 180 g/mol. The molecule has 72 valence electrons. The number of hydrogen-bond acceptors (Lipinski definition) is 2. The predicted molar refractivity (Wildman–Crippen MR) is 54.1 cm³/mol. The molecule has 0 amide bonds. The van der Waals surface area contributed by atoms with Crippen molar-refractivity contribution in [3.05, 3.63) is 31.6 Å². The monoisotopic (exact) mass is 180 g/mol. The third-order valence-corrected chi connectivity index (χ3v) is 2.67. The van der Waals surface area contributed by atoms with Gasteiger partial charge < -0.3 is 0 Å². The highest BCUT2D eigenvalue weighted by atomic mass is 16.2. The third kappa shape index (κ3) is 1.45. The molecule has 0 heterocycles. The van der Waals surface area contributed by atoms with Crippen LogP contribution in [-0.2, 0) is 0 Å². The number of hydrogen-bond donors (Lipinski definition) is 0. The van der Waals surface area contributed by atoms with Gasteiger partial charge in [0.05, 0.1) is 0 Å². The van der Waals surface area contributed by atoms with Gasteiger partial charge in [0.15, 0.2) is 0 Å². The minimum absolute atomic E-state index is 0.189. The van der Waals surface area contributed by atoms with Gasteiger partial charge in [-0.1, -0.05) is 27.7 Å². The van der Waals surface area contributed by atoms with Crippen molar-refractivity contribution in [2.45, 2.75) is 46.0 Å². The van der Waals surface area contributed by atoms with Crippen LogP contribution in [0.25, 0.3) is 0 Å². The molecule has 13 heavy (non-hydrogen) atoms. The van der Waals surface area contributed by atoms with Gasteiger partial charge in [0.25, 0.3) is 0 Å². The maximum atomic E-state index is 11.3. The van der Waals surface area contributed by atoms with E-state index >= 15 is 0 Å². The molecule has 0 saturated heterocycles. The van der Waals surface area contributed by atoms with Crippen molar-refractivity contribution >= 4 is 0 Å². The Morgan fingerprint density at radius 2 is 1.46 bits per heavy atom. The Labute approximate surface area is 78.3 Å². The van der Waals surface area contributed by atoms with Crippen LogP contribution in [0.15, 0.2) is 9.59 Å². The summed E-state index contributed by atoms with van der Waals surface area (Å²) >= 11 is 0. The normalized spacial score (nSPS) is 13.9. The zero-order chi connectivity index (χ0) is 10.2. The van der Waals surface area contributed by atoms with E-state index < -0.39 is 0 Å². The Bertz CT molecular complexity index is 367. The Morgan fingerprint density at radius 3 is 1.85 bits per heavy atom. The van der Waals surface area contributed by atoms with Crippen LogP contribution < -0.4 is 10.9 Å². The third-order valence-electron chi connectivity index (χ3n) is 2.67. The van der Waals surface area contributed by atoms with E-state index in [9.17, 15) is 9.59 Å². The molecule has 2 heteroatoms. The Hall–Kier alpha value is -0.920. The van der Waals surface area contributed by atoms with E-state index in [1.807, 2.05) is 27.7 Å². The topological polar surface area (TPSA) is 34.1 Å². The molecular weight excluding hydrogens is 164 g/mol. The van der Waals surface area contributed by atoms with Crippen LogP contribution in [0, 0.1) is 0 Å². The standard InChI is InChI=1S/C11H16O2/c1-5-7(4)9-8(6(2)3)10(12)11(9)13/h6-7H,5H2,1-4H3. The first-order valence-corrected chi connectivity index (χ1v) is 4.83. The van der Waals surface area contributed by atoms with E-state index in [2.05, 4.69) is 0 Å². The van der Waals surface area contributed by atoms with E-state index in [0.29, 0.717) is 0 Å². The summed E-state index contributed by atoms with van der Waals surface area (Å²) in [5.74, 6) is 0.428. The summed E-state index contributed by atoms with van der Waals surface area (Å²) in [6.07, 6.45) is 0.921. The second-order valence-corrected chi connectivity index (χ2v) is 3.95. The Kier molecular flexibility index (Phi) is 2.69. The van der Waals surface area contributed by atoms with Crippen LogP contribution in [0.5, 0.6) is 0 Å². The SMILES string of the molecule is CCC(C)c1c(C(C)C)c(=O)c1=O. The van der Waals surface area contributed by atoms with Crippen LogP contribution in [0.4, 0.5) is 0 Å². The molecule has 1 aromatic carbocycles. The van der Waals surface area contributed by atoms with Crippen molar-refractivity contribution in [2.24, 2.45) is 0 Å². The molecule has 0 N–H and O–H groups in total. The lowest BCUT2D eigenvalue weighted by Gasteiger charge is -2.18. The summed E-state index contributed by atoms with van der Waals surface area (Å²) in [7, 11) is 0. The molecule has 0 aliphatic rings. The van der Waals surface area contributed by atoms with Gasteiger partial charge in [0.1, 0.15) is 0 Å². The van der Waals surface area contributed by atoms with Gasteiger partial charge in [-0.15, -0.1) is 0 Å². The van der Waals surface area contributed by atoms with Gasteiger partial charge in [-0.25, -0.2) is 0 Å². The fourth-order valence-electron chi connectivity index (χ4n) is 1.69. The van der Waals surface area contributed by atoms with Crippen molar-refractivity contribution in [3.63, 3.8) is 0 Å². The highest BCUT2D eigenvalue weighted by Gasteiger charge is 2.25. The summed E-state index contributed by atoms with van der Waals surface area (Å²) in [5.41, 5.74) is 1.03. The first-order chi connectivity index (χ1) is 6.00. The average Bonchev–Trinajstić information content (AvgIpc) is 2.10. The van der Waals surface area contributed by atoms with Gasteiger partial charge >= 0.3 is 0 Å². The van der Waals surface area contributed by atoms with Crippen molar-refractivity contribution in [1.29, 1.82) is 0 Å². The molecule has 1 atom stereocenters. The molecule has 0 saturated carbocycles. The minimum Gasteiger partial charge on any atom is -0.285 e. The minimum atomic E-state index is -0.259. The molecule has 1 aromatic rings. The highest BCUT2D eigenvalue weighted by Crippen LogP contribution is 2.23. The molecule has 0 bridgehead atoms. The van der Waals surface area contributed by atoms with Gasteiger partial charge in [-0.05, 0) is 18.3 Å². The summed E-state index contributed by atoms with van der Waals surface area (Å²) in [6.45, 7) is 7.96. The molecule has 0 fully saturated rings. The lowest BCUT2D eigenvalue weighted by Crippen LogP contribution is -2.41. The second kappa shape index (κ2) is 3.44. The lowest BCUT2D eigenvalue weighted by atomic mass is 9.84. The van der Waals surface area contributed by atoms with Crippen LogP contribution in [0.3, 0.4) is 0 Å². The van der Waals surface area contributed by atoms with Gasteiger partial charge in [0.2, 0.25) is 10.9 Å². The quantitative estimate of drug-likeness (QED) is 0.666. The van der Waals surface area contributed by atoms with Crippen LogP contribution in [0.1, 0.15) is 57.1 Å². The van der Waals surface area contributed by atoms with Crippen molar-refractivity contribution in [3.8, 4) is 0 Å². The maximum absolute atomic E-state index is 11.3. The fourth-order valence-corrected chi connectivity index (χ4v) is 1.69. The smallest absolute Gasteiger partial charge is 0.229 e. The molecular formula is C11H16O2. The second-order valence-electron chi connectivity index (χ2n) is 3.95. The lowest BCUT2D eigenvalue weighted by molar-refractivity contribution is 0.683. The zero-order valence-electron chi connectivity index (χ0n) is 8.68. The molecule has 0 aromatic heterocycles. The molecule has 2 nitrogen and oxygen atoms in total. The van der Waals surface area contributed by atoms with Crippen molar-refractivity contribution < 1.29 is 0 Å². The first-order valence-electron chi connectivity index (χ1n) is 4.83. The molecule has 0 radical (unpaired) electrons. The molecule has 1 rings (SSSR count). The van der Waals surface area contributed by atoms with Crippen LogP contribution in [0.2, 0.25) is 0 Å². The van der Waals surface area contributed by atoms with E-state index in [-0.39, 0.29) is 22.7 Å². The van der Waals surface area contributed by atoms with Crippen LogP contribution >= 0.6 is 0 Å². The molecule has 0 aliphatic carbocycles. The summed E-state index contributed by atoms with van der Waals surface area (Å²) in [5, 5.41) is 0. The van der Waals surface area contributed by atoms with Crippen molar-refractivity contribution in [2.75, 3.05) is 0 Å². The Balaban J connectivity index is 3.16. The first kappa shape index (κ1) is 10.2. The maximum Gasteiger partial charge on any atom is 0.229 e. The zero-order valence-corrected chi connectivity index (χ0v) is 8.68. The van der Waals surface area contributed by atoms with E-state index in [0.717, 1.165) is 17.5 Å². The summed E-state index contributed by atoms with van der Waals surface area (Å²) in [6, 6.07) is 0. The van der Waals surface area contributed by atoms with Gasteiger partial charge in [-0.3, -0.25) is 9.59 Å². The predicted octanol–water partition coefficient (Wildman–Crippen LogP) is 1.92. The van der Waals surface area contributed by atoms with E-state index in [1.165, 1.54) is 0 Å². The Morgan fingerprint density at radius 1 is 1.00 bits per heavy atom. The summed E-state index contributed by atoms with van der Waals surface area (Å²) < 4.78 is 0. The molecule has 0 spiro atoms. The number of rotatable bonds is 3.